The second-order valence-electron chi connectivity index (χ2n) is 8.42. The minimum absolute atomic E-state index is 0.0456. The van der Waals surface area contributed by atoms with Crippen LogP contribution in [0.1, 0.15) is 23.7 Å². The van der Waals surface area contributed by atoms with Gasteiger partial charge in [0.25, 0.3) is 5.56 Å². The van der Waals surface area contributed by atoms with Gasteiger partial charge in [-0.1, -0.05) is 36.4 Å². The smallest absolute Gasteiger partial charge is 0.417 e. The number of aromatic nitrogens is 4. The molecule has 0 saturated carbocycles. The molecule has 8 nitrogen and oxygen atoms in total. The molecule has 0 aliphatic rings. The van der Waals surface area contributed by atoms with Crippen LogP contribution in [0.15, 0.2) is 65.5 Å². The summed E-state index contributed by atoms with van der Waals surface area (Å²) >= 11 is 0. The zero-order chi connectivity index (χ0) is 26.3. The molecule has 0 spiro atoms. The molecule has 0 bridgehead atoms. The lowest BCUT2D eigenvalue weighted by atomic mass is 9.94. The van der Waals surface area contributed by atoms with E-state index in [4.69, 9.17) is 0 Å². The molecular formula is C26H20F3N5O3. The number of benzene rings is 3. The lowest BCUT2D eigenvalue weighted by Gasteiger charge is -2.15. The molecule has 2 heterocycles. The van der Waals surface area contributed by atoms with Crippen molar-refractivity contribution in [2.45, 2.75) is 19.5 Å². The first-order valence-corrected chi connectivity index (χ1v) is 11.3. The topological polar surface area (TPSA) is 115 Å². The van der Waals surface area contributed by atoms with E-state index in [1.54, 1.807) is 37.3 Å². The van der Waals surface area contributed by atoms with Gasteiger partial charge in [0, 0.05) is 18.4 Å². The van der Waals surface area contributed by atoms with E-state index in [0.717, 1.165) is 11.0 Å². The zero-order valence-electron chi connectivity index (χ0n) is 19.4. The van der Waals surface area contributed by atoms with Gasteiger partial charge in [-0.25, -0.2) is 19.8 Å². The van der Waals surface area contributed by atoms with Gasteiger partial charge in [0.05, 0.1) is 27.7 Å². The SMILES string of the molecule is CCN(C(=O)O)c1nc2cc(-c3cc(Cc4n[nH]c(=O)c5ccccc45)ccc3C(F)(F)F)ccc2[nH]1. The van der Waals surface area contributed by atoms with Crippen LogP contribution in [0.25, 0.3) is 32.9 Å². The highest BCUT2D eigenvalue weighted by molar-refractivity contribution is 5.89. The predicted molar refractivity (Wildman–Crippen MR) is 133 cm³/mol. The lowest BCUT2D eigenvalue weighted by Crippen LogP contribution is -2.29. The largest absolute Gasteiger partial charge is 0.465 e. The van der Waals surface area contributed by atoms with Crippen LogP contribution >= 0.6 is 0 Å². The van der Waals surface area contributed by atoms with Crippen molar-refractivity contribution in [1.29, 1.82) is 0 Å². The van der Waals surface area contributed by atoms with Gasteiger partial charge >= 0.3 is 12.3 Å². The minimum Gasteiger partial charge on any atom is -0.465 e. The first kappa shape index (κ1) is 24.0. The summed E-state index contributed by atoms with van der Waals surface area (Å²) < 4.78 is 41.9. The molecule has 5 aromatic rings. The van der Waals surface area contributed by atoms with Crippen LogP contribution in [0.4, 0.5) is 23.9 Å². The van der Waals surface area contributed by atoms with Crippen molar-refractivity contribution in [3.63, 3.8) is 0 Å². The van der Waals surface area contributed by atoms with Crippen molar-refractivity contribution < 1.29 is 23.1 Å². The molecule has 37 heavy (non-hydrogen) atoms. The monoisotopic (exact) mass is 507 g/mol. The molecule has 11 heteroatoms. The lowest BCUT2D eigenvalue weighted by molar-refractivity contribution is -0.137. The number of nitrogens with one attached hydrogen (secondary N) is 2. The third-order valence-corrected chi connectivity index (χ3v) is 6.12. The summed E-state index contributed by atoms with van der Waals surface area (Å²) in [5, 5.41) is 17.0. The van der Waals surface area contributed by atoms with Crippen molar-refractivity contribution in [1.82, 2.24) is 20.2 Å². The quantitative estimate of drug-likeness (QED) is 0.287. The number of amides is 1. The summed E-state index contributed by atoms with van der Waals surface area (Å²) in [5.41, 5.74) is 0.995. The molecule has 2 aromatic heterocycles. The molecule has 3 N–H and O–H groups in total. The highest BCUT2D eigenvalue weighted by Gasteiger charge is 2.34. The van der Waals surface area contributed by atoms with Gasteiger partial charge in [0.2, 0.25) is 5.95 Å². The minimum atomic E-state index is -4.61. The Morgan fingerprint density at radius 2 is 1.81 bits per heavy atom. The van der Waals surface area contributed by atoms with Crippen LogP contribution in [0.3, 0.4) is 0 Å². The first-order chi connectivity index (χ1) is 17.7. The molecule has 0 fully saturated rings. The Hall–Kier alpha value is -4.67. The third kappa shape index (κ3) is 4.51. The van der Waals surface area contributed by atoms with E-state index in [-0.39, 0.29) is 35.6 Å². The summed E-state index contributed by atoms with van der Waals surface area (Å²) in [4.78, 5) is 31.7. The van der Waals surface area contributed by atoms with Gasteiger partial charge in [-0.3, -0.25) is 4.79 Å². The number of rotatable bonds is 5. The maximum absolute atomic E-state index is 14.0. The van der Waals surface area contributed by atoms with Crippen molar-refractivity contribution in [3.8, 4) is 11.1 Å². The summed E-state index contributed by atoms with van der Waals surface area (Å²) in [6, 6.07) is 15.4. The molecule has 0 aliphatic heterocycles. The highest BCUT2D eigenvalue weighted by Crippen LogP contribution is 2.39. The van der Waals surface area contributed by atoms with E-state index in [2.05, 4.69) is 20.2 Å². The number of carbonyl (C=O) groups is 1. The highest BCUT2D eigenvalue weighted by atomic mass is 19.4. The van der Waals surface area contributed by atoms with Crippen molar-refractivity contribution in [2.24, 2.45) is 0 Å². The number of halogens is 3. The van der Waals surface area contributed by atoms with Gasteiger partial charge < -0.3 is 10.1 Å². The third-order valence-electron chi connectivity index (χ3n) is 6.12. The van der Waals surface area contributed by atoms with Crippen LogP contribution in [0.2, 0.25) is 0 Å². The average molecular weight is 507 g/mol. The maximum atomic E-state index is 14.0. The number of H-pyrrole nitrogens is 2. The molecule has 1 amide bonds. The van der Waals surface area contributed by atoms with Gasteiger partial charge in [0.1, 0.15) is 0 Å². The number of nitrogens with zero attached hydrogens (tertiary/aromatic N) is 3. The van der Waals surface area contributed by atoms with Crippen LogP contribution in [0, 0.1) is 0 Å². The van der Waals surface area contributed by atoms with Crippen molar-refractivity contribution in [3.05, 3.63) is 87.8 Å². The fourth-order valence-corrected chi connectivity index (χ4v) is 4.35. The van der Waals surface area contributed by atoms with E-state index in [0.29, 0.717) is 33.1 Å². The number of hydrogen-bond donors (Lipinski definition) is 3. The van der Waals surface area contributed by atoms with E-state index < -0.39 is 17.8 Å². The molecule has 0 unspecified atom stereocenters. The summed E-state index contributed by atoms with van der Waals surface area (Å²) in [6.45, 7) is 1.80. The average Bonchev–Trinajstić information content (AvgIpc) is 3.28. The summed E-state index contributed by atoms with van der Waals surface area (Å²) in [6.07, 6.45) is -5.61. The fraction of sp³-hybridized carbons (Fsp3) is 0.154. The number of fused-ring (bicyclic) bond motifs is 2. The van der Waals surface area contributed by atoms with E-state index in [9.17, 15) is 27.9 Å². The number of carboxylic acid groups (broad SMARTS) is 1. The molecule has 0 saturated heterocycles. The number of anilines is 1. The van der Waals surface area contributed by atoms with Crippen molar-refractivity contribution >= 4 is 33.8 Å². The Bertz CT molecular complexity index is 1710. The van der Waals surface area contributed by atoms with Gasteiger partial charge in [0.15, 0.2) is 0 Å². The first-order valence-electron chi connectivity index (χ1n) is 11.3. The number of alkyl halides is 3. The van der Waals surface area contributed by atoms with E-state index in [1.807, 2.05) is 0 Å². The maximum Gasteiger partial charge on any atom is 0.417 e. The second-order valence-corrected chi connectivity index (χ2v) is 8.42. The standard InChI is InChI=1S/C26H20F3N5O3/c1-2-34(25(36)37)24-30-20-10-8-15(13-22(20)31-24)18-11-14(7-9-19(18)26(27,28)29)12-21-16-5-3-4-6-17(16)23(35)33-32-21/h3-11,13H,2,12H2,1H3,(H,30,31)(H,33,35)(H,36,37). The van der Waals surface area contributed by atoms with Crippen LogP contribution in [-0.2, 0) is 12.6 Å². The molecule has 3 aromatic carbocycles. The number of aromatic amines is 2. The molecule has 0 atom stereocenters. The number of hydrogen-bond acceptors (Lipinski definition) is 4. The molecular weight excluding hydrogens is 487 g/mol. The Balaban J connectivity index is 1.60. The Labute approximate surface area is 207 Å². The predicted octanol–water partition coefficient (Wildman–Crippen LogP) is 5.58. The van der Waals surface area contributed by atoms with Crippen molar-refractivity contribution in [2.75, 3.05) is 11.4 Å². The molecule has 0 aliphatic carbocycles. The van der Waals surface area contributed by atoms with Gasteiger partial charge in [-0.15, -0.1) is 0 Å². The van der Waals surface area contributed by atoms with Gasteiger partial charge in [-0.2, -0.15) is 18.3 Å². The molecule has 188 valence electrons. The zero-order valence-corrected chi connectivity index (χ0v) is 19.4. The molecule has 0 radical (unpaired) electrons. The van der Waals surface area contributed by atoms with Crippen LogP contribution < -0.4 is 10.5 Å². The Morgan fingerprint density at radius 1 is 1.05 bits per heavy atom. The Morgan fingerprint density at radius 3 is 2.51 bits per heavy atom. The number of imidazole rings is 1. The Kier molecular flexibility index (Phi) is 5.90. The van der Waals surface area contributed by atoms with Crippen LogP contribution in [-0.4, -0.2) is 37.9 Å². The van der Waals surface area contributed by atoms with E-state index >= 15 is 0 Å². The van der Waals surface area contributed by atoms with E-state index in [1.165, 1.54) is 24.3 Å². The second kappa shape index (κ2) is 9.08. The fourth-order valence-electron chi connectivity index (χ4n) is 4.35. The van der Waals surface area contributed by atoms with Crippen LogP contribution in [0.5, 0.6) is 0 Å². The molecule has 5 rings (SSSR count). The summed E-state index contributed by atoms with van der Waals surface area (Å²) in [5.74, 6) is 0.0861. The summed E-state index contributed by atoms with van der Waals surface area (Å²) in [7, 11) is 0. The van der Waals surface area contributed by atoms with Gasteiger partial charge in [-0.05, 0) is 47.9 Å². The normalized spacial score (nSPS) is 11.8.